The van der Waals surface area contributed by atoms with Crippen molar-refractivity contribution < 1.29 is 5.11 Å². The molecule has 176 valence electrons. The lowest BCUT2D eigenvalue weighted by Gasteiger charge is -2.71. The largest absolute Gasteiger partial charge is 0.392 e. The van der Waals surface area contributed by atoms with Crippen molar-refractivity contribution in [2.75, 3.05) is 0 Å². The Morgan fingerprint density at radius 1 is 0.774 bits per heavy atom. The molecule has 0 heterocycles. The van der Waals surface area contributed by atoms with E-state index in [0.717, 1.165) is 30.1 Å². The number of rotatable bonds is 1. The fourth-order valence-corrected chi connectivity index (χ4v) is 11.2. The summed E-state index contributed by atoms with van der Waals surface area (Å²) < 4.78 is 0. The molecule has 0 aromatic rings. The highest BCUT2D eigenvalue weighted by Crippen LogP contribution is 2.77. The highest BCUT2D eigenvalue weighted by atomic mass is 16.3. The van der Waals surface area contributed by atoms with E-state index in [0.29, 0.717) is 27.6 Å². The van der Waals surface area contributed by atoms with Gasteiger partial charge < -0.3 is 5.11 Å². The average molecular weight is 427 g/mol. The Morgan fingerprint density at radius 3 is 2.03 bits per heavy atom. The third-order valence-electron chi connectivity index (χ3n) is 13.3. The van der Waals surface area contributed by atoms with E-state index in [-0.39, 0.29) is 11.5 Å². The van der Waals surface area contributed by atoms with Crippen molar-refractivity contribution in [1.82, 2.24) is 0 Å². The Morgan fingerprint density at radius 2 is 1.39 bits per heavy atom. The van der Waals surface area contributed by atoms with E-state index >= 15 is 0 Å². The van der Waals surface area contributed by atoms with Crippen LogP contribution in [0, 0.1) is 56.7 Å². The molecule has 0 spiro atoms. The van der Waals surface area contributed by atoms with Gasteiger partial charge in [-0.2, -0.15) is 0 Å². The van der Waals surface area contributed by atoms with Crippen LogP contribution in [-0.2, 0) is 0 Å². The average Bonchev–Trinajstić information content (AvgIpc) is 3.05. The molecule has 31 heavy (non-hydrogen) atoms. The van der Waals surface area contributed by atoms with E-state index in [2.05, 4.69) is 61.5 Å². The lowest BCUT2D eigenvalue weighted by atomic mass is 9.33. The molecule has 5 aliphatic rings. The maximum Gasteiger partial charge on any atom is 0.0628 e. The molecular weight excluding hydrogens is 376 g/mol. The monoisotopic (exact) mass is 426 g/mol. The molecule has 5 aliphatic carbocycles. The van der Waals surface area contributed by atoms with E-state index in [4.69, 9.17) is 0 Å². The molecule has 0 radical (unpaired) electrons. The summed E-state index contributed by atoms with van der Waals surface area (Å²) in [6.45, 7) is 20.4. The maximum absolute atomic E-state index is 10.8. The molecule has 5 rings (SSSR count). The number of aliphatic hydroxyl groups is 1. The Hall–Kier alpha value is -0.300. The summed E-state index contributed by atoms with van der Waals surface area (Å²) in [6, 6.07) is 0. The van der Waals surface area contributed by atoms with Crippen molar-refractivity contribution in [2.45, 2.75) is 119 Å². The van der Waals surface area contributed by atoms with Crippen LogP contribution in [0.5, 0.6) is 0 Å². The van der Waals surface area contributed by atoms with Crippen LogP contribution >= 0.6 is 0 Å². The van der Waals surface area contributed by atoms with Crippen LogP contribution in [0.15, 0.2) is 11.6 Å². The molecular formula is C30H50O. The normalized spacial score (nSPS) is 55.7. The number of hydrogen-bond acceptors (Lipinski definition) is 1. The fourth-order valence-electron chi connectivity index (χ4n) is 11.2. The Labute approximate surface area is 192 Å². The van der Waals surface area contributed by atoms with Gasteiger partial charge in [0.1, 0.15) is 0 Å². The van der Waals surface area contributed by atoms with Crippen LogP contribution in [0.1, 0.15) is 113 Å². The van der Waals surface area contributed by atoms with Crippen molar-refractivity contribution in [3.05, 3.63) is 11.6 Å². The molecule has 0 amide bonds. The second kappa shape index (κ2) is 6.64. The molecule has 5 unspecified atom stereocenters. The van der Waals surface area contributed by atoms with Gasteiger partial charge in [0.25, 0.3) is 0 Å². The van der Waals surface area contributed by atoms with E-state index in [1.54, 1.807) is 5.57 Å². The first-order chi connectivity index (χ1) is 14.3. The Bertz CT molecular complexity index is 777. The van der Waals surface area contributed by atoms with Gasteiger partial charge in [-0.05, 0) is 109 Å². The number of aliphatic hydroxyl groups excluding tert-OH is 1. The van der Waals surface area contributed by atoms with Gasteiger partial charge >= 0.3 is 0 Å². The zero-order valence-electron chi connectivity index (χ0n) is 21.9. The minimum absolute atomic E-state index is 0.0420. The Kier molecular flexibility index (Phi) is 4.82. The van der Waals surface area contributed by atoms with Crippen LogP contribution in [0.4, 0.5) is 0 Å². The first-order valence-electron chi connectivity index (χ1n) is 13.7. The summed E-state index contributed by atoms with van der Waals surface area (Å²) in [6.07, 6.45) is 14.6. The lowest BCUT2D eigenvalue weighted by Crippen LogP contribution is -2.64. The lowest BCUT2D eigenvalue weighted by molar-refractivity contribution is -0.214. The molecule has 0 aromatic carbocycles. The van der Waals surface area contributed by atoms with E-state index in [1.807, 2.05) is 0 Å². The van der Waals surface area contributed by atoms with E-state index < -0.39 is 0 Å². The zero-order valence-corrected chi connectivity index (χ0v) is 21.9. The first-order valence-corrected chi connectivity index (χ1v) is 13.7. The molecule has 4 saturated carbocycles. The predicted molar refractivity (Wildman–Crippen MR) is 131 cm³/mol. The number of hydrogen-bond donors (Lipinski definition) is 1. The summed E-state index contributed by atoms with van der Waals surface area (Å²) in [5.74, 6) is 4.15. The van der Waals surface area contributed by atoms with Crippen molar-refractivity contribution in [3.63, 3.8) is 0 Å². The summed E-state index contributed by atoms with van der Waals surface area (Å²) in [5.41, 5.74) is 3.49. The molecule has 1 N–H and O–H groups in total. The highest BCUT2D eigenvalue weighted by molar-refractivity contribution is 5.30. The van der Waals surface area contributed by atoms with Gasteiger partial charge in [-0.15, -0.1) is 0 Å². The van der Waals surface area contributed by atoms with Crippen molar-refractivity contribution in [1.29, 1.82) is 0 Å². The number of allylic oxidation sites excluding steroid dienone is 1. The van der Waals surface area contributed by atoms with E-state index in [1.165, 1.54) is 51.4 Å². The third kappa shape index (κ3) is 2.60. The minimum Gasteiger partial charge on any atom is -0.392 e. The summed E-state index contributed by atoms with van der Waals surface area (Å²) in [4.78, 5) is 0. The molecule has 1 heteroatoms. The van der Waals surface area contributed by atoms with Gasteiger partial charge in [0.2, 0.25) is 0 Å². The molecule has 0 aromatic heterocycles. The standard InChI is InChI=1S/C30H50O/c1-19(2)20-9-12-23-27(20,5)15-17-30(8)24-13-10-21-22(11-14-25(31)26(21,3)4)28(24,6)16-18-29(23,30)7/h10,19-20,22-25,31H,9,11-18H2,1-8H3/t20?,22?,23?,24?,25?,27-,28+,29+,30-/m1/s1. The fraction of sp³-hybridized carbons (Fsp3) is 0.933. The van der Waals surface area contributed by atoms with Gasteiger partial charge in [-0.1, -0.05) is 67.0 Å². The highest BCUT2D eigenvalue weighted by Gasteiger charge is 2.70. The van der Waals surface area contributed by atoms with Crippen molar-refractivity contribution >= 4 is 0 Å². The second-order valence-corrected chi connectivity index (χ2v) is 14.6. The van der Waals surface area contributed by atoms with Crippen LogP contribution in [0.25, 0.3) is 0 Å². The van der Waals surface area contributed by atoms with Gasteiger partial charge in [0.15, 0.2) is 0 Å². The molecule has 0 aliphatic heterocycles. The van der Waals surface area contributed by atoms with Gasteiger partial charge in [-0.25, -0.2) is 0 Å². The van der Waals surface area contributed by atoms with Crippen LogP contribution in [0.2, 0.25) is 0 Å². The maximum atomic E-state index is 10.8. The molecule has 0 bridgehead atoms. The second-order valence-electron chi connectivity index (χ2n) is 14.6. The molecule has 9 atom stereocenters. The smallest absolute Gasteiger partial charge is 0.0628 e. The zero-order chi connectivity index (χ0) is 22.6. The Balaban J connectivity index is 1.55. The predicted octanol–water partition coefficient (Wildman–Crippen LogP) is 8.02. The summed E-state index contributed by atoms with van der Waals surface area (Å²) >= 11 is 0. The molecule has 0 saturated heterocycles. The quantitative estimate of drug-likeness (QED) is 0.421. The summed E-state index contributed by atoms with van der Waals surface area (Å²) in [7, 11) is 0. The third-order valence-corrected chi connectivity index (χ3v) is 13.3. The van der Waals surface area contributed by atoms with E-state index in [9.17, 15) is 5.11 Å². The SMILES string of the molecule is CC(C)C1CCC2[C@]1(C)CC[C@]1(C)C3CC=C4C(CCC(O)C4(C)C)[C@]3(C)CC[C@@]21C. The van der Waals surface area contributed by atoms with Crippen molar-refractivity contribution in [3.8, 4) is 0 Å². The van der Waals surface area contributed by atoms with Crippen molar-refractivity contribution in [2.24, 2.45) is 56.7 Å². The van der Waals surface area contributed by atoms with Gasteiger partial charge in [0.05, 0.1) is 6.10 Å². The van der Waals surface area contributed by atoms with Gasteiger partial charge in [-0.3, -0.25) is 0 Å². The topological polar surface area (TPSA) is 20.2 Å². The summed E-state index contributed by atoms with van der Waals surface area (Å²) in [5, 5.41) is 10.8. The van der Waals surface area contributed by atoms with Gasteiger partial charge in [0, 0.05) is 5.41 Å². The van der Waals surface area contributed by atoms with Crippen LogP contribution < -0.4 is 0 Å². The molecule has 1 nitrogen and oxygen atoms in total. The van der Waals surface area contributed by atoms with Crippen LogP contribution in [0.3, 0.4) is 0 Å². The number of fused-ring (bicyclic) bond motifs is 7. The van der Waals surface area contributed by atoms with Crippen LogP contribution in [-0.4, -0.2) is 11.2 Å². The minimum atomic E-state index is -0.165. The first kappa shape index (κ1) is 22.5. The molecule has 4 fully saturated rings.